The molecule has 1 N–H and O–H groups in total. The van der Waals surface area contributed by atoms with E-state index in [1.165, 1.54) is 16.6 Å². The molecule has 3 aromatic rings. The molecule has 2 aromatic carbocycles. The van der Waals surface area contributed by atoms with E-state index < -0.39 is 25.8 Å². The quantitative estimate of drug-likeness (QED) is 0.168. The third kappa shape index (κ3) is 9.19. The van der Waals surface area contributed by atoms with Gasteiger partial charge in [0.05, 0.1) is 38.7 Å². The van der Waals surface area contributed by atoms with Crippen molar-refractivity contribution in [2.24, 2.45) is 7.05 Å². The first kappa shape index (κ1) is 33.4. The van der Waals surface area contributed by atoms with Crippen molar-refractivity contribution in [3.8, 4) is 0 Å². The first-order chi connectivity index (χ1) is 19.8. The molecule has 0 saturated carbocycles. The van der Waals surface area contributed by atoms with E-state index in [4.69, 9.17) is 18.6 Å². The van der Waals surface area contributed by atoms with Gasteiger partial charge in [0.1, 0.15) is 12.6 Å². The van der Waals surface area contributed by atoms with Gasteiger partial charge in [0.15, 0.2) is 6.20 Å². The van der Waals surface area contributed by atoms with Gasteiger partial charge in [-0.25, -0.2) is 9.36 Å². The van der Waals surface area contributed by atoms with E-state index >= 15 is 0 Å². The molecule has 228 valence electrons. The van der Waals surface area contributed by atoms with Crippen LogP contribution in [-0.4, -0.2) is 53.0 Å². The molecule has 0 spiro atoms. The number of aryl methyl sites for hydroxylation is 1. The fraction of sp³-hybridized carbons (Fsp3) is 0.455. The zero-order valence-corrected chi connectivity index (χ0v) is 27.0. The average molecular weight is 598 g/mol. The van der Waals surface area contributed by atoms with Gasteiger partial charge in [0, 0.05) is 12.0 Å². The van der Waals surface area contributed by atoms with Crippen molar-refractivity contribution in [2.45, 2.75) is 58.6 Å². The summed E-state index contributed by atoms with van der Waals surface area (Å²) in [7, 11) is -0.861. The summed E-state index contributed by atoms with van der Waals surface area (Å²) in [6, 6.07) is 21.1. The highest BCUT2D eigenvalue weighted by molar-refractivity contribution is 6.99. The summed E-state index contributed by atoms with van der Waals surface area (Å²) in [5.74, 6) is -0.537. The Morgan fingerprint density at radius 2 is 1.33 bits per heavy atom. The molecule has 1 amide bonds. The number of amides is 1. The highest BCUT2D eigenvalue weighted by Crippen LogP contribution is 2.36. The van der Waals surface area contributed by atoms with E-state index in [1.54, 1.807) is 38.6 Å². The lowest BCUT2D eigenvalue weighted by molar-refractivity contribution is -0.673. The number of carbonyl (C=O) groups excluding carboxylic acids is 1. The number of halogens is 1. The Labute approximate surface area is 251 Å². The molecule has 7 nitrogen and oxygen atoms in total. The Hall–Kier alpha value is -3.11. The minimum absolute atomic E-state index is 0.0937. The van der Waals surface area contributed by atoms with Crippen molar-refractivity contribution in [3.63, 3.8) is 0 Å². The van der Waals surface area contributed by atoms with Crippen LogP contribution in [0.2, 0.25) is 5.04 Å². The van der Waals surface area contributed by atoms with E-state index in [2.05, 4.69) is 74.6 Å². The minimum Gasteiger partial charge on any atom is -0.444 e. The Morgan fingerprint density at radius 3 is 1.86 bits per heavy atom. The van der Waals surface area contributed by atoms with Crippen LogP contribution in [0.5, 0.6) is 0 Å². The predicted octanol–water partition coefficient (Wildman–Crippen LogP) is 5.15. The van der Waals surface area contributed by atoms with Crippen LogP contribution < -0.4 is 20.3 Å². The Balaban J connectivity index is 1.51. The molecule has 0 fully saturated rings. The van der Waals surface area contributed by atoms with Gasteiger partial charge in [-0.1, -0.05) is 81.4 Å². The number of anilines is 1. The number of nitrogens with zero attached hydrogens (tertiary/aromatic N) is 1. The maximum absolute atomic E-state index is 14.7. The first-order valence-electron chi connectivity index (χ1n) is 14.4. The number of benzene rings is 2. The van der Waals surface area contributed by atoms with Gasteiger partial charge in [0.25, 0.3) is 8.32 Å². The molecule has 0 unspecified atom stereocenters. The lowest BCUT2D eigenvalue weighted by atomic mass is 10.1. The molecule has 0 radical (unpaired) electrons. The number of nitrogens with one attached hydrogen (secondary N) is 1. The van der Waals surface area contributed by atoms with Crippen LogP contribution in [0.1, 0.15) is 47.1 Å². The molecular formula is C33H46FN2O5Si+. The Morgan fingerprint density at radius 1 is 0.810 bits per heavy atom. The monoisotopic (exact) mass is 597 g/mol. The second-order valence-electron chi connectivity index (χ2n) is 12.3. The number of aromatic nitrogens is 1. The van der Waals surface area contributed by atoms with Gasteiger partial charge < -0.3 is 18.6 Å². The van der Waals surface area contributed by atoms with Gasteiger partial charge in [-0.05, 0) is 36.2 Å². The number of pyridine rings is 1. The molecule has 9 heteroatoms. The average Bonchev–Trinajstić information content (AvgIpc) is 2.91. The molecular weight excluding hydrogens is 551 g/mol. The number of rotatable bonds is 13. The van der Waals surface area contributed by atoms with E-state index in [0.717, 1.165) is 0 Å². The van der Waals surface area contributed by atoms with Gasteiger partial charge in [0.2, 0.25) is 12.0 Å². The molecule has 1 heterocycles. The van der Waals surface area contributed by atoms with Gasteiger partial charge in [-0.3, -0.25) is 5.32 Å². The summed E-state index contributed by atoms with van der Waals surface area (Å²) in [4.78, 5) is 12.2. The molecule has 0 aliphatic carbocycles. The molecule has 0 atom stereocenters. The summed E-state index contributed by atoms with van der Waals surface area (Å²) in [5, 5.41) is 4.92. The molecule has 0 bridgehead atoms. The summed E-state index contributed by atoms with van der Waals surface area (Å²) in [5.41, 5.74) is 0.0269. The second-order valence-corrected chi connectivity index (χ2v) is 16.6. The number of hydrogen-bond acceptors (Lipinski definition) is 5. The van der Waals surface area contributed by atoms with Crippen LogP contribution in [0.25, 0.3) is 0 Å². The maximum atomic E-state index is 14.7. The summed E-state index contributed by atoms with van der Waals surface area (Å²) in [6.07, 6.45) is 2.77. The van der Waals surface area contributed by atoms with Crippen LogP contribution in [0, 0.1) is 5.82 Å². The number of ether oxygens (including phenoxy) is 3. The SMILES string of the molecule is C[n+]1cc(F)c(NC(=O)OC(C)(C)C)c(CCOCCOCCO[Si](c2ccccc2)(c2ccccc2)C(C)(C)C)c1. The summed E-state index contributed by atoms with van der Waals surface area (Å²) < 4.78 is 40.0. The van der Waals surface area contributed by atoms with E-state index in [0.29, 0.717) is 45.0 Å². The van der Waals surface area contributed by atoms with E-state index in [9.17, 15) is 9.18 Å². The van der Waals surface area contributed by atoms with Gasteiger partial charge in [-0.2, -0.15) is 4.39 Å². The third-order valence-electron chi connectivity index (χ3n) is 6.71. The molecule has 0 aliphatic rings. The van der Waals surface area contributed by atoms with Crippen LogP contribution in [0.3, 0.4) is 0 Å². The summed E-state index contributed by atoms with van der Waals surface area (Å²) in [6.45, 7) is 14.1. The van der Waals surface area contributed by atoms with Crippen molar-refractivity contribution < 1.29 is 32.4 Å². The van der Waals surface area contributed by atoms with Crippen LogP contribution in [-0.2, 0) is 32.1 Å². The maximum Gasteiger partial charge on any atom is 0.412 e. The number of hydrogen-bond donors (Lipinski definition) is 1. The first-order valence-corrected chi connectivity index (χ1v) is 16.3. The van der Waals surface area contributed by atoms with Crippen molar-refractivity contribution >= 4 is 30.5 Å². The highest BCUT2D eigenvalue weighted by atomic mass is 28.4. The van der Waals surface area contributed by atoms with Gasteiger partial charge in [-0.15, -0.1) is 0 Å². The van der Waals surface area contributed by atoms with Crippen LogP contribution in [0.15, 0.2) is 73.1 Å². The Kier molecular flexibility index (Phi) is 11.8. The van der Waals surface area contributed by atoms with Crippen molar-refractivity contribution in [1.82, 2.24) is 0 Å². The van der Waals surface area contributed by atoms with E-state index in [1.807, 2.05) is 12.1 Å². The second kappa shape index (κ2) is 14.9. The third-order valence-corrected chi connectivity index (χ3v) is 11.8. The molecule has 3 rings (SSSR count). The molecule has 0 saturated heterocycles. The predicted molar refractivity (Wildman–Crippen MR) is 166 cm³/mol. The van der Waals surface area contributed by atoms with Crippen molar-refractivity contribution in [1.29, 1.82) is 0 Å². The summed E-state index contributed by atoms with van der Waals surface area (Å²) >= 11 is 0. The van der Waals surface area contributed by atoms with Crippen LogP contribution >= 0.6 is 0 Å². The molecule has 1 aromatic heterocycles. The van der Waals surface area contributed by atoms with Crippen molar-refractivity contribution in [3.05, 3.63) is 84.4 Å². The standard InChI is InChI=1S/C33H45FN2O5Si/c1-32(2,3)41-31(37)35-30-26(24-36(7)25-29(30)34)18-19-38-20-21-39-22-23-40-42(33(4,5)6,27-14-10-8-11-15-27)28-16-12-9-13-17-28/h8-17,24-25H,18-23H2,1-7H3/p+1. The van der Waals surface area contributed by atoms with Crippen LogP contribution in [0.4, 0.5) is 14.9 Å². The van der Waals surface area contributed by atoms with Crippen molar-refractivity contribution in [2.75, 3.05) is 38.4 Å². The zero-order valence-electron chi connectivity index (χ0n) is 26.0. The number of carbonyl (C=O) groups is 1. The smallest absolute Gasteiger partial charge is 0.412 e. The fourth-order valence-electron chi connectivity index (χ4n) is 5.00. The normalized spacial score (nSPS) is 12.3. The molecule has 0 aliphatic heterocycles. The lowest BCUT2D eigenvalue weighted by Crippen LogP contribution is -2.66. The molecule has 42 heavy (non-hydrogen) atoms. The topological polar surface area (TPSA) is 69.9 Å². The van der Waals surface area contributed by atoms with Gasteiger partial charge >= 0.3 is 6.09 Å². The fourth-order valence-corrected chi connectivity index (χ4v) is 9.54. The lowest BCUT2D eigenvalue weighted by Gasteiger charge is -2.43. The minimum atomic E-state index is -2.59. The van der Waals surface area contributed by atoms with E-state index in [-0.39, 0.29) is 10.7 Å². The zero-order chi connectivity index (χ0) is 30.8. The highest BCUT2D eigenvalue weighted by Gasteiger charge is 2.50. The Bertz CT molecular complexity index is 1240. The largest absolute Gasteiger partial charge is 0.444 e.